The third kappa shape index (κ3) is 3.51. The van der Waals surface area contributed by atoms with Gasteiger partial charge in [0.2, 0.25) is 0 Å². The summed E-state index contributed by atoms with van der Waals surface area (Å²) in [5, 5.41) is 0. The number of amides is 1. The molecule has 0 aromatic carbocycles. The number of hydrogen-bond acceptors (Lipinski definition) is 3. The Bertz CT molecular complexity index is 289. The third-order valence-corrected chi connectivity index (χ3v) is 2.65. The fourth-order valence-corrected chi connectivity index (χ4v) is 1.39. The molecular formula is C12H21NO3. The normalized spacial score (nSPS) is 17.8. The summed E-state index contributed by atoms with van der Waals surface area (Å²) in [6.07, 6.45) is 1.49. The van der Waals surface area contributed by atoms with Crippen LogP contribution in [-0.4, -0.2) is 35.5 Å². The second kappa shape index (κ2) is 4.44. The molecule has 0 unspecified atom stereocenters. The van der Waals surface area contributed by atoms with Crippen molar-refractivity contribution in [2.45, 2.75) is 52.2 Å². The van der Waals surface area contributed by atoms with Gasteiger partial charge in [-0.3, -0.25) is 4.79 Å². The van der Waals surface area contributed by atoms with Crippen molar-refractivity contribution in [3.8, 4) is 0 Å². The number of ether oxygens (including phenoxy) is 1. The number of likely N-dealkylation sites (N-methyl/N-ethyl adjacent to an activating group) is 1. The van der Waals surface area contributed by atoms with E-state index in [1.54, 1.807) is 14.0 Å². The lowest BCUT2D eigenvalue weighted by atomic mass is 10.1. The molecule has 0 aliphatic heterocycles. The molecule has 1 amide bonds. The van der Waals surface area contributed by atoms with Crippen molar-refractivity contribution in [3.05, 3.63) is 0 Å². The average molecular weight is 227 g/mol. The van der Waals surface area contributed by atoms with Crippen LogP contribution in [0.4, 0.5) is 4.79 Å². The Kier molecular flexibility index (Phi) is 3.61. The van der Waals surface area contributed by atoms with Gasteiger partial charge in [0, 0.05) is 13.0 Å². The molecule has 4 heteroatoms. The van der Waals surface area contributed by atoms with Gasteiger partial charge in [0.1, 0.15) is 5.60 Å². The van der Waals surface area contributed by atoms with Gasteiger partial charge in [-0.05, 0) is 40.5 Å². The molecule has 0 spiro atoms. The maximum atomic E-state index is 11.8. The molecule has 1 saturated carbocycles. The Hall–Kier alpha value is -1.06. The van der Waals surface area contributed by atoms with Crippen LogP contribution < -0.4 is 0 Å². The predicted molar refractivity (Wildman–Crippen MR) is 61.2 cm³/mol. The average Bonchev–Trinajstić information content (AvgIpc) is 2.94. The van der Waals surface area contributed by atoms with E-state index in [2.05, 4.69) is 0 Å². The quantitative estimate of drug-likeness (QED) is 0.742. The van der Waals surface area contributed by atoms with Crippen LogP contribution in [0.3, 0.4) is 0 Å². The summed E-state index contributed by atoms with van der Waals surface area (Å²) in [7, 11) is 1.61. The summed E-state index contributed by atoms with van der Waals surface area (Å²) in [5.74, 6) is 0.313. The fourth-order valence-electron chi connectivity index (χ4n) is 1.39. The summed E-state index contributed by atoms with van der Waals surface area (Å²) in [6, 6.07) is -0.387. The number of ketones is 1. The van der Waals surface area contributed by atoms with Gasteiger partial charge >= 0.3 is 6.09 Å². The summed E-state index contributed by atoms with van der Waals surface area (Å²) >= 11 is 0. The highest BCUT2D eigenvalue weighted by molar-refractivity contribution is 5.90. The Morgan fingerprint density at radius 2 is 1.81 bits per heavy atom. The highest BCUT2D eigenvalue weighted by Gasteiger charge is 2.36. The van der Waals surface area contributed by atoms with E-state index in [1.807, 2.05) is 20.8 Å². The topological polar surface area (TPSA) is 46.6 Å². The SMILES string of the molecule is C[C@@H](C(=O)C1CC1)N(C)C(=O)OC(C)(C)C. The number of carbonyl (C=O) groups excluding carboxylic acids is 2. The minimum absolute atomic E-state index is 0.147. The summed E-state index contributed by atoms with van der Waals surface area (Å²) in [6.45, 7) is 7.19. The van der Waals surface area contributed by atoms with Crippen molar-refractivity contribution >= 4 is 11.9 Å². The van der Waals surface area contributed by atoms with Gasteiger partial charge in [-0.2, -0.15) is 0 Å². The maximum absolute atomic E-state index is 11.8. The van der Waals surface area contributed by atoms with Gasteiger partial charge in [0.15, 0.2) is 5.78 Å². The third-order valence-electron chi connectivity index (χ3n) is 2.65. The molecule has 1 fully saturated rings. The zero-order chi connectivity index (χ0) is 12.5. The van der Waals surface area contributed by atoms with Crippen molar-refractivity contribution in [2.75, 3.05) is 7.05 Å². The van der Waals surface area contributed by atoms with Crippen LogP contribution in [0.2, 0.25) is 0 Å². The molecule has 0 N–H and O–H groups in total. The van der Waals surface area contributed by atoms with E-state index < -0.39 is 11.7 Å². The number of carbonyl (C=O) groups is 2. The summed E-state index contributed by atoms with van der Waals surface area (Å²) in [4.78, 5) is 24.8. The zero-order valence-electron chi connectivity index (χ0n) is 10.7. The Balaban J connectivity index is 2.52. The van der Waals surface area contributed by atoms with Crippen LogP contribution in [0.1, 0.15) is 40.5 Å². The molecular weight excluding hydrogens is 206 g/mol. The molecule has 16 heavy (non-hydrogen) atoms. The van der Waals surface area contributed by atoms with Crippen LogP contribution in [0.5, 0.6) is 0 Å². The van der Waals surface area contributed by atoms with E-state index in [0.29, 0.717) is 0 Å². The van der Waals surface area contributed by atoms with E-state index >= 15 is 0 Å². The van der Waals surface area contributed by atoms with Crippen molar-refractivity contribution in [2.24, 2.45) is 5.92 Å². The van der Waals surface area contributed by atoms with Crippen molar-refractivity contribution < 1.29 is 14.3 Å². The lowest BCUT2D eigenvalue weighted by molar-refractivity contribution is -0.124. The molecule has 0 aromatic rings. The van der Waals surface area contributed by atoms with Crippen molar-refractivity contribution in [1.29, 1.82) is 0 Å². The van der Waals surface area contributed by atoms with Crippen LogP contribution >= 0.6 is 0 Å². The Morgan fingerprint density at radius 3 is 2.19 bits per heavy atom. The van der Waals surface area contributed by atoms with E-state index in [1.165, 1.54) is 4.90 Å². The largest absolute Gasteiger partial charge is 0.444 e. The summed E-state index contributed by atoms with van der Waals surface area (Å²) < 4.78 is 5.21. The van der Waals surface area contributed by atoms with E-state index in [9.17, 15) is 9.59 Å². The van der Waals surface area contributed by atoms with Crippen LogP contribution in [0.15, 0.2) is 0 Å². The van der Waals surface area contributed by atoms with Crippen LogP contribution in [0, 0.1) is 5.92 Å². The molecule has 1 rings (SSSR count). The number of nitrogens with zero attached hydrogens (tertiary/aromatic N) is 1. The van der Waals surface area contributed by atoms with Crippen molar-refractivity contribution in [1.82, 2.24) is 4.90 Å². The molecule has 0 heterocycles. The highest BCUT2D eigenvalue weighted by atomic mass is 16.6. The first kappa shape index (κ1) is 13.0. The second-order valence-corrected chi connectivity index (χ2v) is 5.44. The number of Topliss-reactive ketones (excluding diaryl/α,β-unsaturated/α-hetero) is 1. The minimum Gasteiger partial charge on any atom is -0.444 e. The van der Waals surface area contributed by atoms with Gasteiger partial charge in [-0.25, -0.2) is 4.79 Å². The molecule has 0 aromatic heterocycles. The first-order chi connectivity index (χ1) is 7.22. The minimum atomic E-state index is -0.520. The first-order valence-corrected chi connectivity index (χ1v) is 5.72. The molecule has 0 bridgehead atoms. The van der Waals surface area contributed by atoms with Crippen LogP contribution in [-0.2, 0) is 9.53 Å². The van der Waals surface area contributed by atoms with Gasteiger partial charge < -0.3 is 9.64 Å². The molecule has 1 aliphatic carbocycles. The molecule has 0 radical (unpaired) electrons. The standard InChI is InChI=1S/C12H21NO3/c1-8(10(14)9-6-7-9)13(5)11(15)16-12(2,3)4/h8-9H,6-7H2,1-5H3/t8-/m0/s1. The van der Waals surface area contributed by atoms with Gasteiger partial charge in [0.25, 0.3) is 0 Å². The monoisotopic (exact) mass is 227 g/mol. The lowest BCUT2D eigenvalue weighted by Crippen LogP contribution is -2.43. The van der Waals surface area contributed by atoms with E-state index in [-0.39, 0.29) is 17.7 Å². The van der Waals surface area contributed by atoms with Gasteiger partial charge in [-0.1, -0.05) is 0 Å². The van der Waals surface area contributed by atoms with Crippen molar-refractivity contribution in [3.63, 3.8) is 0 Å². The van der Waals surface area contributed by atoms with E-state index in [4.69, 9.17) is 4.74 Å². The second-order valence-electron chi connectivity index (χ2n) is 5.44. The van der Waals surface area contributed by atoms with Gasteiger partial charge in [0.05, 0.1) is 6.04 Å². The number of hydrogen-bond donors (Lipinski definition) is 0. The zero-order valence-corrected chi connectivity index (χ0v) is 10.7. The smallest absolute Gasteiger partial charge is 0.410 e. The highest BCUT2D eigenvalue weighted by Crippen LogP contribution is 2.31. The van der Waals surface area contributed by atoms with Gasteiger partial charge in [-0.15, -0.1) is 0 Å². The van der Waals surface area contributed by atoms with Crippen LogP contribution in [0.25, 0.3) is 0 Å². The predicted octanol–water partition coefficient (Wildman–Crippen LogP) is 2.22. The maximum Gasteiger partial charge on any atom is 0.410 e. The Labute approximate surface area is 96.9 Å². The molecule has 0 saturated heterocycles. The number of rotatable bonds is 3. The van der Waals surface area contributed by atoms with E-state index in [0.717, 1.165) is 12.8 Å². The molecule has 1 atom stereocenters. The summed E-state index contributed by atoms with van der Waals surface area (Å²) in [5.41, 5.74) is -0.520. The Morgan fingerprint density at radius 1 is 1.31 bits per heavy atom. The molecule has 1 aliphatic rings. The molecule has 4 nitrogen and oxygen atoms in total. The molecule has 92 valence electrons. The fraction of sp³-hybridized carbons (Fsp3) is 0.833. The first-order valence-electron chi connectivity index (χ1n) is 5.72. The lowest BCUT2D eigenvalue weighted by Gasteiger charge is -2.28.